The molecule has 0 aromatic heterocycles. The molecule has 1 rings (SSSR count). The summed E-state index contributed by atoms with van der Waals surface area (Å²) in [7, 11) is 0. The highest BCUT2D eigenvalue weighted by Crippen LogP contribution is 2.41. The second-order valence-corrected chi connectivity index (χ2v) is 5.26. The minimum atomic E-state index is 0.214. The van der Waals surface area contributed by atoms with E-state index >= 15 is 0 Å². The summed E-state index contributed by atoms with van der Waals surface area (Å²) in [5.41, 5.74) is 0. The van der Waals surface area contributed by atoms with Crippen LogP contribution in [0.15, 0.2) is 0 Å². The zero-order valence-electron chi connectivity index (χ0n) is 8.97. The molecule has 0 N–H and O–H groups in total. The molecule has 0 atom stereocenters. The topological polar surface area (TPSA) is 9.23 Å². The van der Waals surface area contributed by atoms with Gasteiger partial charge in [0.25, 0.3) is 0 Å². The fourth-order valence-electron chi connectivity index (χ4n) is 1.80. The first-order chi connectivity index (χ1) is 6.33. The SMILES string of the molecule is CCCCC1(CCCC)OCCS1. The number of rotatable bonds is 6. The summed E-state index contributed by atoms with van der Waals surface area (Å²) < 4.78 is 5.91. The third kappa shape index (κ3) is 3.51. The Morgan fingerprint density at radius 1 is 1.15 bits per heavy atom. The fraction of sp³-hybridized carbons (Fsp3) is 1.00. The van der Waals surface area contributed by atoms with Crippen LogP contribution in [0.1, 0.15) is 52.4 Å². The molecule has 13 heavy (non-hydrogen) atoms. The fourth-order valence-corrected chi connectivity index (χ4v) is 3.09. The highest BCUT2D eigenvalue weighted by Gasteiger charge is 2.34. The first-order valence-electron chi connectivity index (χ1n) is 5.61. The number of hydrogen-bond acceptors (Lipinski definition) is 2. The molecule has 0 amide bonds. The van der Waals surface area contributed by atoms with E-state index in [1.807, 2.05) is 11.8 Å². The highest BCUT2D eigenvalue weighted by molar-refractivity contribution is 8.00. The lowest BCUT2D eigenvalue weighted by Gasteiger charge is -2.27. The molecule has 1 heterocycles. The Bertz CT molecular complexity index is 120. The van der Waals surface area contributed by atoms with E-state index in [2.05, 4.69) is 13.8 Å². The zero-order chi connectivity index (χ0) is 9.57. The van der Waals surface area contributed by atoms with Gasteiger partial charge in [0, 0.05) is 5.75 Å². The average Bonchev–Trinajstić information content (AvgIpc) is 2.61. The third-order valence-electron chi connectivity index (χ3n) is 2.64. The van der Waals surface area contributed by atoms with Crippen LogP contribution in [0.25, 0.3) is 0 Å². The van der Waals surface area contributed by atoms with Crippen LogP contribution in [0.3, 0.4) is 0 Å². The van der Waals surface area contributed by atoms with Gasteiger partial charge in [-0.05, 0) is 25.7 Å². The molecule has 1 saturated heterocycles. The van der Waals surface area contributed by atoms with E-state index in [0.717, 1.165) is 6.61 Å². The van der Waals surface area contributed by atoms with E-state index in [1.165, 1.54) is 44.3 Å². The average molecular weight is 202 g/mol. The lowest BCUT2D eigenvalue weighted by molar-refractivity contribution is 0.0353. The van der Waals surface area contributed by atoms with E-state index < -0.39 is 0 Å². The molecule has 1 aliphatic rings. The van der Waals surface area contributed by atoms with Crippen LogP contribution in [0, 0.1) is 0 Å². The summed E-state index contributed by atoms with van der Waals surface area (Å²) in [5.74, 6) is 1.20. The molecule has 0 aliphatic carbocycles. The maximum absolute atomic E-state index is 5.91. The molecule has 0 aromatic carbocycles. The summed E-state index contributed by atoms with van der Waals surface area (Å²) in [6, 6.07) is 0. The van der Waals surface area contributed by atoms with Gasteiger partial charge in [-0.25, -0.2) is 0 Å². The Morgan fingerprint density at radius 3 is 2.15 bits per heavy atom. The van der Waals surface area contributed by atoms with Crippen LogP contribution >= 0.6 is 11.8 Å². The van der Waals surface area contributed by atoms with Crippen LogP contribution in [0.5, 0.6) is 0 Å². The van der Waals surface area contributed by atoms with Crippen molar-refractivity contribution in [2.45, 2.75) is 57.3 Å². The van der Waals surface area contributed by atoms with Crippen molar-refractivity contribution in [2.75, 3.05) is 12.4 Å². The lowest BCUT2D eigenvalue weighted by atomic mass is 10.1. The standard InChI is InChI=1S/C11H22OS/c1-3-5-7-11(8-6-4-2)12-9-10-13-11/h3-10H2,1-2H3. The van der Waals surface area contributed by atoms with Crippen molar-refractivity contribution in [2.24, 2.45) is 0 Å². The van der Waals surface area contributed by atoms with Crippen molar-refractivity contribution < 1.29 is 4.74 Å². The van der Waals surface area contributed by atoms with E-state index in [4.69, 9.17) is 4.74 Å². The quantitative estimate of drug-likeness (QED) is 0.647. The highest BCUT2D eigenvalue weighted by atomic mass is 32.2. The largest absolute Gasteiger partial charge is 0.363 e. The molecule has 0 bridgehead atoms. The zero-order valence-corrected chi connectivity index (χ0v) is 9.79. The van der Waals surface area contributed by atoms with Gasteiger partial charge in [0.15, 0.2) is 0 Å². The van der Waals surface area contributed by atoms with Gasteiger partial charge in [0.05, 0.1) is 6.61 Å². The van der Waals surface area contributed by atoms with Crippen LogP contribution in [-0.4, -0.2) is 17.3 Å². The molecule has 0 spiro atoms. The predicted octanol–water partition coefficient (Wildman–Crippen LogP) is 3.83. The van der Waals surface area contributed by atoms with Gasteiger partial charge < -0.3 is 4.74 Å². The van der Waals surface area contributed by atoms with E-state index in [0.29, 0.717) is 0 Å². The van der Waals surface area contributed by atoms with E-state index in [1.54, 1.807) is 0 Å². The van der Waals surface area contributed by atoms with Crippen molar-refractivity contribution in [3.63, 3.8) is 0 Å². The second-order valence-electron chi connectivity index (χ2n) is 3.81. The number of unbranched alkanes of at least 4 members (excludes halogenated alkanes) is 2. The third-order valence-corrected chi connectivity index (χ3v) is 4.06. The van der Waals surface area contributed by atoms with E-state index in [-0.39, 0.29) is 4.93 Å². The summed E-state index contributed by atoms with van der Waals surface area (Å²) >= 11 is 2.05. The second kappa shape index (κ2) is 5.92. The molecular weight excluding hydrogens is 180 g/mol. The summed E-state index contributed by atoms with van der Waals surface area (Å²) in [4.78, 5) is 0.214. The van der Waals surface area contributed by atoms with Crippen molar-refractivity contribution in [1.82, 2.24) is 0 Å². The smallest absolute Gasteiger partial charge is 0.113 e. The number of thioether (sulfide) groups is 1. The van der Waals surface area contributed by atoms with Crippen LogP contribution in [0.2, 0.25) is 0 Å². The molecule has 0 saturated carbocycles. The van der Waals surface area contributed by atoms with Gasteiger partial charge in [0.1, 0.15) is 4.93 Å². The molecular formula is C11H22OS. The number of hydrogen-bond donors (Lipinski definition) is 0. The minimum Gasteiger partial charge on any atom is -0.363 e. The van der Waals surface area contributed by atoms with Crippen molar-refractivity contribution in [1.29, 1.82) is 0 Å². The number of ether oxygens (including phenoxy) is 1. The van der Waals surface area contributed by atoms with Gasteiger partial charge in [-0.15, -0.1) is 11.8 Å². The summed E-state index contributed by atoms with van der Waals surface area (Å²) in [5, 5.41) is 0. The summed E-state index contributed by atoms with van der Waals surface area (Å²) in [6.07, 6.45) is 7.73. The molecule has 1 aliphatic heterocycles. The van der Waals surface area contributed by atoms with Crippen LogP contribution in [-0.2, 0) is 4.74 Å². The van der Waals surface area contributed by atoms with Crippen molar-refractivity contribution >= 4 is 11.8 Å². The Labute approximate surface area is 86.6 Å². The normalized spacial score (nSPS) is 20.8. The van der Waals surface area contributed by atoms with E-state index in [9.17, 15) is 0 Å². The maximum atomic E-state index is 5.91. The minimum absolute atomic E-state index is 0.214. The van der Waals surface area contributed by atoms with Crippen molar-refractivity contribution in [3.8, 4) is 0 Å². The maximum Gasteiger partial charge on any atom is 0.113 e. The summed E-state index contributed by atoms with van der Waals surface area (Å²) in [6.45, 7) is 5.48. The van der Waals surface area contributed by atoms with Gasteiger partial charge in [-0.3, -0.25) is 0 Å². The molecule has 2 heteroatoms. The Kier molecular flexibility index (Phi) is 5.18. The first kappa shape index (κ1) is 11.4. The van der Waals surface area contributed by atoms with Gasteiger partial charge in [-0.2, -0.15) is 0 Å². The molecule has 0 unspecified atom stereocenters. The molecule has 78 valence electrons. The Hall–Kier alpha value is 0.310. The Morgan fingerprint density at radius 2 is 1.77 bits per heavy atom. The lowest BCUT2D eigenvalue weighted by Crippen LogP contribution is -2.23. The van der Waals surface area contributed by atoms with Crippen molar-refractivity contribution in [3.05, 3.63) is 0 Å². The van der Waals surface area contributed by atoms with Crippen LogP contribution in [0.4, 0.5) is 0 Å². The van der Waals surface area contributed by atoms with Gasteiger partial charge in [0.2, 0.25) is 0 Å². The van der Waals surface area contributed by atoms with Gasteiger partial charge >= 0.3 is 0 Å². The molecule has 1 fully saturated rings. The first-order valence-corrected chi connectivity index (χ1v) is 6.59. The predicted molar refractivity (Wildman–Crippen MR) is 60.2 cm³/mol. The van der Waals surface area contributed by atoms with Gasteiger partial charge in [-0.1, -0.05) is 26.7 Å². The molecule has 0 radical (unpaired) electrons. The monoisotopic (exact) mass is 202 g/mol. The van der Waals surface area contributed by atoms with Crippen LogP contribution < -0.4 is 0 Å². The molecule has 0 aromatic rings. The Balaban J connectivity index is 2.33. The molecule has 1 nitrogen and oxygen atoms in total.